The van der Waals surface area contributed by atoms with E-state index in [0.717, 1.165) is 16.0 Å². The molecule has 9 heteroatoms. The minimum Gasteiger partial charge on any atom is -0.360 e. The quantitative estimate of drug-likeness (QED) is 0.636. The molecule has 1 aromatic carbocycles. The third-order valence-corrected chi connectivity index (χ3v) is 5.52. The second-order valence-corrected chi connectivity index (χ2v) is 7.50. The maximum absolute atomic E-state index is 12.4. The van der Waals surface area contributed by atoms with Gasteiger partial charge in [-0.05, 0) is 39.0 Å². The lowest BCUT2D eigenvalue weighted by Crippen LogP contribution is -2.30. The molecule has 1 heterocycles. The van der Waals surface area contributed by atoms with Crippen LogP contribution in [0.5, 0.6) is 0 Å². The Bertz CT molecular complexity index is 746. The van der Waals surface area contributed by atoms with Crippen molar-refractivity contribution in [3.05, 3.63) is 29.8 Å². The molecule has 26 heavy (non-hydrogen) atoms. The fourth-order valence-electron chi connectivity index (χ4n) is 2.24. The van der Waals surface area contributed by atoms with Gasteiger partial charge in [0.05, 0.1) is 5.75 Å². The first-order valence-corrected chi connectivity index (χ1v) is 10.3. The van der Waals surface area contributed by atoms with Gasteiger partial charge in [0.1, 0.15) is 0 Å². The zero-order chi connectivity index (χ0) is 18.9. The molecule has 0 aliphatic rings. The fraction of sp³-hybridized carbons (Fsp3) is 0.412. The van der Waals surface area contributed by atoms with Crippen LogP contribution in [0.4, 0.5) is 10.8 Å². The summed E-state index contributed by atoms with van der Waals surface area (Å²) in [6.07, 6.45) is 0. The average molecular weight is 394 g/mol. The van der Waals surface area contributed by atoms with Crippen LogP contribution in [0, 0.1) is 0 Å². The average Bonchev–Trinajstić information content (AvgIpc) is 3.09. The van der Waals surface area contributed by atoms with Crippen LogP contribution in [0.15, 0.2) is 28.6 Å². The number of amides is 2. The lowest BCUT2D eigenvalue weighted by atomic mass is 10.1. The molecule has 0 unspecified atom stereocenters. The molecule has 0 saturated heterocycles. The van der Waals surface area contributed by atoms with Gasteiger partial charge in [-0.3, -0.25) is 9.59 Å². The normalized spacial score (nSPS) is 10.4. The maximum Gasteiger partial charge on any atom is 0.253 e. The van der Waals surface area contributed by atoms with Crippen LogP contribution in [0.3, 0.4) is 0 Å². The third kappa shape index (κ3) is 5.70. The van der Waals surface area contributed by atoms with E-state index in [-0.39, 0.29) is 17.6 Å². The van der Waals surface area contributed by atoms with Gasteiger partial charge in [0.15, 0.2) is 4.34 Å². The van der Waals surface area contributed by atoms with Crippen molar-refractivity contribution in [2.75, 3.05) is 36.0 Å². The van der Waals surface area contributed by atoms with Gasteiger partial charge >= 0.3 is 0 Å². The molecule has 2 aromatic rings. The Labute approximate surface area is 161 Å². The predicted octanol–water partition coefficient (Wildman–Crippen LogP) is 3.18. The number of hydrogen-bond acceptors (Lipinski definition) is 7. The molecular formula is C17H23N5O2S2. The highest BCUT2D eigenvalue weighted by molar-refractivity contribution is 8.01. The van der Waals surface area contributed by atoms with Gasteiger partial charge in [0, 0.05) is 30.9 Å². The number of carbonyl (C=O) groups is 2. The maximum atomic E-state index is 12.4. The molecule has 0 spiro atoms. The monoisotopic (exact) mass is 393 g/mol. The molecule has 2 rings (SSSR count). The number of aromatic nitrogens is 2. The summed E-state index contributed by atoms with van der Waals surface area (Å²) in [7, 11) is 0. The van der Waals surface area contributed by atoms with Crippen LogP contribution in [-0.4, -0.2) is 52.3 Å². The van der Waals surface area contributed by atoms with E-state index in [9.17, 15) is 9.59 Å². The van der Waals surface area contributed by atoms with Gasteiger partial charge in [0.25, 0.3) is 5.91 Å². The molecule has 0 radical (unpaired) electrons. The number of thioether (sulfide) groups is 1. The summed E-state index contributed by atoms with van der Waals surface area (Å²) >= 11 is 2.75. The third-order valence-electron chi connectivity index (χ3n) is 3.51. The lowest BCUT2D eigenvalue weighted by Gasteiger charge is -2.19. The first-order valence-electron chi connectivity index (χ1n) is 8.46. The van der Waals surface area contributed by atoms with Crippen LogP contribution in [0.2, 0.25) is 0 Å². The molecule has 0 atom stereocenters. The van der Waals surface area contributed by atoms with Crippen molar-refractivity contribution in [3.8, 4) is 0 Å². The number of nitrogens with zero attached hydrogens (tertiary/aromatic N) is 3. The van der Waals surface area contributed by atoms with E-state index in [1.54, 1.807) is 29.2 Å². The molecule has 2 N–H and O–H groups in total. The molecule has 0 aliphatic carbocycles. The van der Waals surface area contributed by atoms with E-state index in [1.807, 2.05) is 20.8 Å². The smallest absolute Gasteiger partial charge is 0.253 e. The summed E-state index contributed by atoms with van der Waals surface area (Å²) in [6.45, 7) is 7.96. The first kappa shape index (κ1) is 20.2. The van der Waals surface area contributed by atoms with E-state index in [4.69, 9.17) is 0 Å². The Hall–Kier alpha value is -2.13. The SMILES string of the molecule is CCNc1nnc(SCC(=O)Nc2cccc(C(=O)N(CC)CC)c2)s1. The molecule has 0 fully saturated rings. The number of rotatable bonds is 9. The van der Waals surface area contributed by atoms with Crippen molar-refractivity contribution < 1.29 is 9.59 Å². The second-order valence-electron chi connectivity index (χ2n) is 5.30. The number of hydrogen-bond donors (Lipinski definition) is 2. The van der Waals surface area contributed by atoms with Gasteiger partial charge < -0.3 is 15.5 Å². The molecule has 2 amide bonds. The number of anilines is 2. The van der Waals surface area contributed by atoms with Crippen LogP contribution < -0.4 is 10.6 Å². The van der Waals surface area contributed by atoms with Crippen molar-refractivity contribution in [3.63, 3.8) is 0 Å². The van der Waals surface area contributed by atoms with Gasteiger partial charge in [-0.1, -0.05) is 29.2 Å². The van der Waals surface area contributed by atoms with Crippen LogP contribution >= 0.6 is 23.1 Å². The zero-order valence-corrected chi connectivity index (χ0v) is 16.7. The first-order chi connectivity index (χ1) is 12.6. The van der Waals surface area contributed by atoms with E-state index >= 15 is 0 Å². The molecule has 0 aliphatic heterocycles. The molecule has 0 saturated carbocycles. The molecule has 7 nitrogen and oxygen atoms in total. The highest BCUT2D eigenvalue weighted by Crippen LogP contribution is 2.25. The summed E-state index contributed by atoms with van der Waals surface area (Å²) in [5, 5.41) is 14.7. The number of carbonyl (C=O) groups excluding carboxylic acids is 2. The Balaban J connectivity index is 1.92. The highest BCUT2D eigenvalue weighted by atomic mass is 32.2. The van der Waals surface area contributed by atoms with E-state index in [0.29, 0.717) is 24.3 Å². The van der Waals surface area contributed by atoms with Gasteiger partial charge in [-0.2, -0.15) is 0 Å². The van der Waals surface area contributed by atoms with Crippen molar-refractivity contribution >= 4 is 45.7 Å². The standard InChI is InChI=1S/C17H23N5O2S2/c1-4-18-16-20-21-17(26-16)25-11-14(23)19-13-9-7-8-12(10-13)15(24)22(5-2)6-3/h7-10H,4-6,11H2,1-3H3,(H,18,20)(H,19,23). The van der Waals surface area contributed by atoms with Gasteiger partial charge in [-0.25, -0.2) is 0 Å². The summed E-state index contributed by atoms with van der Waals surface area (Å²) in [5.74, 6) is 0.0440. The Morgan fingerprint density at radius 1 is 1.19 bits per heavy atom. The van der Waals surface area contributed by atoms with Crippen LogP contribution in [-0.2, 0) is 4.79 Å². The Morgan fingerprint density at radius 2 is 1.96 bits per heavy atom. The zero-order valence-electron chi connectivity index (χ0n) is 15.1. The van der Waals surface area contributed by atoms with Crippen molar-refractivity contribution in [1.29, 1.82) is 0 Å². The van der Waals surface area contributed by atoms with Crippen LogP contribution in [0.1, 0.15) is 31.1 Å². The Morgan fingerprint density at radius 3 is 2.65 bits per heavy atom. The van der Waals surface area contributed by atoms with Crippen molar-refractivity contribution in [2.24, 2.45) is 0 Å². The fourth-order valence-corrected chi connectivity index (χ4v) is 3.86. The molecular weight excluding hydrogens is 370 g/mol. The molecule has 140 valence electrons. The lowest BCUT2D eigenvalue weighted by molar-refractivity contribution is -0.113. The largest absolute Gasteiger partial charge is 0.360 e. The van der Waals surface area contributed by atoms with E-state index < -0.39 is 0 Å². The minimum atomic E-state index is -0.150. The van der Waals surface area contributed by atoms with Gasteiger partial charge in [-0.15, -0.1) is 10.2 Å². The summed E-state index contributed by atoms with van der Waals surface area (Å²) < 4.78 is 0.738. The molecule has 1 aromatic heterocycles. The predicted molar refractivity (Wildman–Crippen MR) is 107 cm³/mol. The molecule has 0 bridgehead atoms. The minimum absolute atomic E-state index is 0.0368. The summed E-state index contributed by atoms with van der Waals surface area (Å²) in [5.41, 5.74) is 1.18. The summed E-state index contributed by atoms with van der Waals surface area (Å²) in [4.78, 5) is 26.3. The summed E-state index contributed by atoms with van der Waals surface area (Å²) in [6, 6.07) is 7.01. The van der Waals surface area contributed by atoms with E-state index in [2.05, 4.69) is 20.8 Å². The number of benzene rings is 1. The van der Waals surface area contributed by atoms with Crippen molar-refractivity contribution in [2.45, 2.75) is 25.1 Å². The topological polar surface area (TPSA) is 87.2 Å². The van der Waals surface area contributed by atoms with E-state index in [1.165, 1.54) is 23.1 Å². The van der Waals surface area contributed by atoms with Crippen LogP contribution in [0.25, 0.3) is 0 Å². The Kier molecular flexibility index (Phi) is 7.86. The number of nitrogens with one attached hydrogen (secondary N) is 2. The highest BCUT2D eigenvalue weighted by Gasteiger charge is 2.13. The second kappa shape index (κ2) is 10.1. The van der Waals surface area contributed by atoms with Gasteiger partial charge in [0.2, 0.25) is 11.0 Å². The van der Waals surface area contributed by atoms with Crippen molar-refractivity contribution in [1.82, 2.24) is 15.1 Å².